The summed E-state index contributed by atoms with van der Waals surface area (Å²) in [6.45, 7) is 2.06. The van der Waals surface area contributed by atoms with Gasteiger partial charge in [-0.15, -0.1) is 0 Å². The van der Waals surface area contributed by atoms with Crippen molar-refractivity contribution in [1.82, 2.24) is 0 Å². The first-order valence-electron chi connectivity index (χ1n) is 5.37. The number of sulfone groups is 1. The summed E-state index contributed by atoms with van der Waals surface area (Å²) in [4.78, 5) is 0. The summed E-state index contributed by atoms with van der Waals surface area (Å²) in [5.41, 5.74) is 1.99. The SMILES string of the molecule is CCc1ccc(C(O)CCS(C)(=O)=O)cc1. The van der Waals surface area contributed by atoms with Crippen LogP contribution in [0.25, 0.3) is 0 Å². The Morgan fingerprint density at radius 2 is 1.81 bits per heavy atom. The quantitative estimate of drug-likeness (QED) is 0.855. The van der Waals surface area contributed by atoms with Gasteiger partial charge in [-0.1, -0.05) is 31.2 Å². The van der Waals surface area contributed by atoms with Crippen LogP contribution in [0.5, 0.6) is 0 Å². The van der Waals surface area contributed by atoms with E-state index in [1.54, 1.807) is 0 Å². The highest BCUT2D eigenvalue weighted by Crippen LogP contribution is 2.17. The standard InChI is InChI=1S/C12H18O3S/c1-3-10-4-6-11(7-5-10)12(13)8-9-16(2,14)15/h4-7,12-13H,3,8-9H2,1-2H3. The van der Waals surface area contributed by atoms with Crippen LogP contribution in [0.4, 0.5) is 0 Å². The Kier molecular flexibility index (Phi) is 4.50. The predicted octanol–water partition coefficient (Wildman–Crippen LogP) is 1.72. The maximum absolute atomic E-state index is 11.0. The molecule has 0 spiro atoms. The molecule has 0 radical (unpaired) electrons. The lowest BCUT2D eigenvalue weighted by Gasteiger charge is -2.10. The van der Waals surface area contributed by atoms with Crippen molar-refractivity contribution in [3.8, 4) is 0 Å². The predicted molar refractivity (Wildman–Crippen MR) is 65.1 cm³/mol. The van der Waals surface area contributed by atoms with Crippen LogP contribution >= 0.6 is 0 Å². The van der Waals surface area contributed by atoms with Gasteiger partial charge in [0.2, 0.25) is 0 Å². The van der Waals surface area contributed by atoms with Crippen molar-refractivity contribution in [3.63, 3.8) is 0 Å². The van der Waals surface area contributed by atoms with Gasteiger partial charge in [-0.3, -0.25) is 0 Å². The van der Waals surface area contributed by atoms with Crippen LogP contribution in [-0.2, 0) is 16.3 Å². The second-order valence-electron chi connectivity index (χ2n) is 4.03. The molecule has 0 aliphatic heterocycles. The third-order valence-corrected chi connectivity index (χ3v) is 3.51. The molecule has 1 N–H and O–H groups in total. The van der Waals surface area contributed by atoms with E-state index in [4.69, 9.17) is 0 Å². The van der Waals surface area contributed by atoms with Gasteiger partial charge < -0.3 is 5.11 Å². The maximum atomic E-state index is 11.0. The Morgan fingerprint density at radius 3 is 2.25 bits per heavy atom. The fourth-order valence-electron chi connectivity index (χ4n) is 1.47. The smallest absolute Gasteiger partial charge is 0.147 e. The van der Waals surface area contributed by atoms with Crippen LogP contribution in [-0.4, -0.2) is 25.5 Å². The zero-order valence-electron chi connectivity index (χ0n) is 9.68. The van der Waals surface area contributed by atoms with Gasteiger partial charge in [-0.05, 0) is 24.0 Å². The molecule has 0 amide bonds. The highest BCUT2D eigenvalue weighted by molar-refractivity contribution is 7.90. The molecule has 0 saturated heterocycles. The highest BCUT2D eigenvalue weighted by atomic mass is 32.2. The van der Waals surface area contributed by atoms with Crippen molar-refractivity contribution in [1.29, 1.82) is 0 Å². The molecule has 90 valence electrons. The second-order valence-corrected chi connectivity index (χ2v) is 6.29. The molecule has 4 heteroatoms. The van der Waals surface area contributed by atoms with E-state index in [1.807, 2.05) is 24.3 Å². The first-order valence-corrected chi connectivity index (χ1v) is 7.43. The molecule has 3 nitrogen and oxygen atoms in total. The van der Waals surface area contributed by atoms with E-state index >= 15 is 0 Å². The molecule has 0 aliphatic carbocycles. The molecule has 0 aliphatic rings. The molecule has 1 atom stereocenters. The molecule has 1 aromatic rings. The third kappa shape index (κ3) is 4.33. The molecular formula is C12H18O3S. The zero-order chi connectivity index (χ0) is 12.2. The Labute approximate surface area is 97.0 Å². The second kappa shape index (κ2) is 5.46. The first kappa shape index (κ1) is 13.2. The van der Waals surface area contributed by atoms with E-state index < -0.39 is 15.9 Å². The van der Waals surface area contributed by atoms with E-state index in [0.717, 1.165) is 12.0 Å². The number of aliphatic hydroxyl groups is 1. The molecule has 1 rings (SSSR count). The summed E-state index contributed by atoms with van der Waals surface area (Å²) in [5.74, 6) is 0.0176. The average molecular weight is 242 g/mol. The largest absolute Gasteiger partial charge is 0.388 e. The van der Waals surface area contributed by atoms with Crippen LogP contribution in [0.2, 0.25) is 0 Å². The number of hydrogen-bond donors (Lipinski definition) is 1. The van der Waals surface area contributed by atoms with Crippen molar-refractivity contribution in [3.05, 3.63) is 35.4 Å². The number of aliphatic hydroxyl groups excluding tert-OH is 1. The lowest BCUT2D eigenvalue weighted by molar-refractivity contribution is 0.174. The van der Waals surface area contributed by atoms with Gasteiger partial charge in [0.15, 0.2) is 0 Å². The highest BCUT2D eigenvalue weighted by Gasteiger charge is 2.11. The van der Waals surface area contributed by atoms with Gasteiger partial charge >= 0.3 is 0 Å². The number of benzene rings is 1. The van der Waals surface area contributed by atoms with Gasteiger partial charge in [0.1, 0.15) is 9.84 Å². The Hall–Kier alpha value is -0.870. The molecule has 0 heterocycles. The van der Waals surface area contributed by atoms with E-state index in [-0.39, 0.29) is 12.2 Å². The lowest BCUT2D eigenvalue weighted by atomic mass is 10.0. The van der Waals surface area contributed by atoms with Crippen molar-refractivity contribution < 1.29 is 13.5 Å². The molecule has 0 aromatic heterocycles. The van der Waals surface area contributed by atoms with Crippen LogP contribution in [0.1, 0.15) is 30.6 Å². The maximum Gasteiger partial charge on any atom is 0.147 e. The van der Waals surface area contributed by atoms with Gasteiger partial charge in [0.05, 0.1) is 11.9 Å². The lowest BCUT2D eigenvalue weighted by Crippen LogP contribution is -2.08. The first-order chi connectivity index (χ1) is 7.42. The topological polar surface area (TPSA) is 54.4 Å². The molecule has 0 saturated carbocycles. The van der Waals surface area contributed by atoms with Crippen LogP contribution in [0.15, 0.2) is 24.3 Å². The van der Waals surface area contributed by atoms with E-state index in [0.29, 0.717) is 0 Å². The third-order valence-electron chi connectivity index (χ3n) is 2.53. The van der Waals surface area contributed by atoms with E-state index in [2.05, 4.69) is 6.92 Å². The Bertz CT molecular complexity index is 420. The monoisotopic (exact) mass is 242 g/mol. The Morgan fingerprint density at radius 1 is 1.25 bits per heavy atom. The van der Waals surface area contributed by atoms with Gasteiger partial charge in [0.25, 0.3) is 0 Å². The normalized spacial score (nSPS) is 13.7. The molecule has 1 unspecified atom stereocenters. The van der Waals surface area contributed by atoms with E-state index in [1.165, 1.54) is 11.8 Å². The minimum Gasteiger partial charge on any atom is -0.388 e. The van der Waals surface area contributed by atoms with Crippen molar-refractivity contribution in [2.45, 2.75) is 25.9 Å². The van der Waals surface area contributed by atoms with Crippen molar-refractivity contribution >= 4 is 9.84 Å². The van der Waals surface area contributed by atoms with Gasteiger partial charge in [0, 0.05) is 6.26 Å². The van der Waals surface area contributed by atoms with Crippen LogP contribution in [0.3, 0.4) is 0 Å². The summed E-state index contributed by atoms with van der Waals surface area (Å²) < 4.78 is 21.9. The summed E-state index contributed by atoms with van der Waals surface area (Å²) in [6, 6.07) is 7.62. The van der Waals surface area contributed by atoms with Crippen molar-refractivity contribution in [2.75, 3.05) is 12.0 Å². The minimum absolute atomic E-state index is 0.0176. The molecule has 0 fully saturated rings. The zero-order valence-corrected chi connectivity index (χ0v) is 10.5. The number of aryl methyl sites for hydroxylation is 1. The average Bonchev–Trinajstić information content (AvgIpc) is 2.25. The number of rotatable bonds is 5. The van der Waals surface area contributed by atoms with E-state index in [9.17, 15) is 13.5 Å². The molecule has 16 heavy (non-hydrogen) atoms. The summed E-state index contributed by atoms with van der Waals surface area (Å²) in [6.07, 6.45) is 1.70. The minimum atomic E-state index is -3.00. The fourth-order valence-corrected chi connectivity index (χ4v) is 2.12. The molecule has 1 aromatic carbocycles. The summed E-state index contributed by atoms with van der Waals surface area (Å²) in [5, 5.41) is 9.78. The van der Waals surface area contributed by atoms with Gasteiger partial charge in [-0.25, -0.2) is 8.42 Å². The van der Waals surface area contributed by atoms with Crippen LogP contribution < -0.4 is 0 Å². The summed E-state index contributed by atoms with van der Waals surface area (Å²) in [7, 11) is -3.00. The summed E-state index contributed by atoms with van der Waals surface area (Å²) >= 11 is 0. The van der Waals surface area contributed by atoms with Crippen LogP contribution in [0, 0.1) is 0 Å². The Balaban J connectivity index is 2.62. The molecule has 0 bridgehead atoms. The van der Waals surface area contributed by atoms with Crippen molar-refractivity contribution in [2.24, 2.45) is 0 Å². The molecular weight excluding hydrogens is 224 g/mol. The fraction of sp³-hybridized carbons (Fsp3) is 0.500. The number of hydrogen-bond acceptors (Lipinski definition) is 3. The van der Waals surface area contributed by atoms with Gasteiger partial charge in [-0.2, -0.15) is 0 Å².